The largest absolute Gasteiger partial charge is 0.322 e. The molecular weight excluding hydrogens is 408 g/mol. The minimum Gasteiger partial charge on any atom is -0.322 e. The maximum atomic E-state index is 12.6. The second kappa shape index (κ2) is 8.09. The molecule has 1 heterocycles. The Labute approximate surface area is 173 Å². The number of carbonyl (C=O) groups excluding carboxylic acids is 3. The van der Waals surface area contributed by atoms with Crippen molar-refractivity contribution in [3.05, 3.63) is 72.3 Å². The standard InChI is InChI=1S/C20H20N4O5S/c1-3-10-21-30(28,29)16-9-4-6-13(11-16)17(25)22-15-8-5-7-14(12-15)20(2)18(26)23-19(27)24-20/h3-9,11-12,21H,1,10H2,2H3,(H,22,25)(H2,23,24,26,27)/t20-/m1/s1. The van der Waals surface area contributed by atoms with Crippen molar-refractivity contribution >= 4 is 33.6 Å². The van der Waals surface area contributed by atoms with Gasteiger partial charge in [0.05, 0.1) is 4.90 Å². The minimum absolute atomic E-state index is 0.0522. The first-order valence-corrected chi connectivity index (χ1v) is 10.4. The summed E-state index contributed by atoms with van der Waals surface area (Å²) < 4.78 is 26.8. The number of nitrogens with one attached hydrogen (secondary N) is 4. The molecule has 4 amide bonds. The van der Waals surface area contributed by atoms with E-state index in [1.54, 1.807) is 31.2 Å². The van der Waals surface area contributed by atoms with Crippen molar-refractivity contribution in [2.24, 2.45) is 0 Å². The lowest BCUT2D eigenvalue weighted by Gasteiger charge is -2.21. The normalized spacial score (nSPS) is 18.4. The van der Waals surface area contributed by atoms with Crippen molar-refractivity contribution in [2.75, 3.05) is 11.9 Å². The topological polar surface area (TPSA) is 133 Å². The van der Waals surface area contributed by atoms with E-state index in [1.807, 2.05) is 0 Å². The molecule has 1 aliphatic rings. The number of benzene rings is 2. The van der Waals surface area contributed by atoms with Gasteiger partial charge in [-0.2, -0.15) is 0 Å². The molecule has 0 radical (unpaired) electrons. The molecule has 9 nitrogen and oxygen atoms in total. The van der Waals surface area contributed by atoms with E-state index in [0.29, 0.717) is 11.3 Å². The van der Waals surface area contributed by atoms with E-state index in [-0.39, 0.29) is 17.0 Å². The van der Waals surface area contributed by atoms with Crippen LogP contribution < -0.4 is 20.7 Å². The van der Waals surface area contributed by atoms with Gasteiger partial charge >= 0.3 is 6.03 Å². The Morgan fingerprint density at radius 2 is 1.90 bits per heavy atom. The second-order valence-corrected chi connectivity index (χ2v) is 8.50. The molecule has 1 atom stereocenters. The van der Waals surface area contributed by atoms with Gasteiger partial charge in [-0.15, -0.1) is 6.58 Å². The highest BCUT2D eigenvalue weighted by atomic mass is 32.2. The first-order chi connectivity index (χ1) is 14.2. The maximum absolute atomic E-state index is 12.6. The predicted molar refractivity (Wildman–Crippen MR) is 110 cm³/mol. The third-order valence-electron chi connectivity index (χ3n) is 4.57. The van der Waals surface area contributed by atoms with Gasteiger partial charge in [-0.25, -0.2) is 17.9 Å². The van der Waals surface area contributed by atoms with Crippen molar-refractivity contribution in [1.29, 1.82) is 0 Å². The van der Waals surface area contributed by atoms with Crippen LogP contribution in [-0.4, -0.2) is 32.8 Å². The van der Waals surface area contributed by atoms with Crippen LogP contribution in [0.5, 0.6) is 0 Å². The van der Waals surface area contributed by atoms with Gasteiger partial charge < -0.3 is 10.6 Å². The van der Waals surface area contributed by atoms with Gasteiger partial charge in [0.25, 0.3) is 11.8 Å². The van der Waals surface area contributed by atoms with Crippen LogP contribution in [0.4, 0.5) is 10.5 Å². The van der Waals surface area contributed by atoms with Crippen LogP contribution >= 0.6 is 0 Å². The summed E-state index contributed by atoms with van der Waals surface area (Å²) in [4.78, 5) is 36.2. The Kier molecular flexibility index (Phi) is 5.72. The molecule has 1 saturated heterocycles. The van der Waals surface area contributed by atoms with Crippen LogP contribution in [0.15, 0.2) is 66.1 Å². The summed E-state index contributed by atoms with van der Waals surface area (Å²) >= 11 is 0. The Bertz CT molecular complexity index is 1150. The first-order valence-electron chi connectivity index (χ1n) is 8.92. The van der Waals surface area contributed by atoms with E-state index in [9.17, 15) is 22.8 Å². The highest BCUT2D eigenvalue weighted by Gasteiger charge is 2.43. The Morgan fingerprint density at radius 1 is 1.17 bits per heavy atom. The number of rotatable bonds is 7. The van der Waals surface area contributed by atoms with E-state index in [2.05, 4.69) is 27.3 Å². The number of sulfonamides is 1. The lowest BCUT2D eigenvalue weighted by molar-refractivity contribution is -0.123. The average molecular weight is 428 g/mol. The molecule has 156 valence electrons. The smallest absolute Gasteiger partial charge is 0.322 e. The molecule has 0 aromatic heterocycles. The number of amides is 4. The lowest BCUT2D eigenvalue weighted by Crippen LogP contribution is -2.40. The van der Waals surface area contributed by atoms with Gasteiger partial charge in [0.2, 0.25) is 10.0 Å². The maximum Gasteiger partial charge on any atom is 0.322 e. The molecule has 0 spiro atoms. The molecule has 0 saturated carbocycles. The monoisotopic (exact) mass is 428 g/mol. The molecule has 1 aliphatic heterocycles. The lowest BCUT2D eigenvalue weighted by atomic mass is 9.92. The van der Waals surface area contributed by atoms with Gasteiger partial charge in [-0.1, -0.05) is 24.3 Å². The summed E-state index contributed by atoms with van der Waals surface area (Å²) in [5.41, 5.74) is -0.262. The molecule has 3 rings (SSSR count). The third kappa shape index (κ3) is 4.24. The molecule has 30 heavy (non-hydrogen) atoms. The fourth-order valence-electron chi connectivity index (χ4n) is 2.91. The third-order valence-corrected chi connectivity index (χ3v) is 5.99. The summed E-state index contributed by atoms with van der Waals surface area (Å²) in [6.07, 6.45) is 1.41. The molecule has 4 N–H and O–H groups in total. The average Bonchev–Trinajstić information content (AvgIpc) is 2.99. The summed E-state index contributed by atoms with van der Waals surface area (Å²) in [7, 11) is -3.77. The fraction of sp³-hybridized carbons (Fsp3) is 0.150. The second-order valence-electron chi connectivity index (χ2n) is 6.74. The predicted octanol–water partition coefficient (Wildman–Crippen LogP) is 1.46. The molecule has 1 fully saturated rings. The van der Waals surface area contributed by atoms with Gasteiger partial charge in [0.1, 0.15) is 5.54 Å². The van der Waals surface area contributed by atoms with Crippen molar-refractivity contribution in [3.8, 4) is 0 Å². The first kappa shape index (κ1) is 21.2. The number of imide groups is 1. The summed E-state index contributed by atoms with van der Waals surface area (Å²) in [5, 5.41) is 7.41. The van der Waals surface area contributed by atoms with Crippen molar-refractivity contribution in [1.82, 2.24) is 15.4 Å². The fourth-order valence-corrected chi connectivity index (χ4v) is 3.96. The van der Waals surface area contributed by atoms with E-state index in [1.165, 1.54) is 30.3 Å². The minimum atomic E-state index is -3.77. The number of hydrogen-bond acceptors (Lipinski definition) is 5. The highest BCUT2D eigenvalue weighted by Crippen LogP contribution is 2.26. The molecular formula is C20H20N4O5S. The molecule has 2 aromatic rings. The molecule has 2 aromatic carbocycles. The SMILES string of the molecule is C=CCNS(=O)(=O)c1cccc(C(=O)Nc2cccc([C@@]3(C)NC(=O)NC3=O)c2)c1. The van der Waals surface area contributed by atoms with Gasteiger partial charge in [-0.05, 0) is 42.8 Å². The quantitative estimate of drug-likeness (QED) is 0.391. The van der Waals surface area contributed by atoms with Gasteiger partial charge in [-0.3, -0.25) is 14.9 Å². The van der Waals surface area contributed by atoms with Gasteiger partial charge in [0.15, 0.2) is 0 Å². The van der Waals surface area contributed by atoms with E-state index in [0.717, 1.165) is 0 Å². The van der Waals surface area contributed by atoms with E-state index >= 15 is 0 Å². The number of urea groups is 1. The number of anilines is 1. The Balaban J connectivity index is 1.82. The highest BCUT2D eigenvalue weighted by molar-refractivity contribution is 7.89. The number of hydrogen-bond donors (Lipinski definition) is 4. The Hall–Kier alpha value is -3.50. The van der Waals surface area contributed by atoms with E-state index in [4.69, 9.17) is 0 Å². The van der Waals surface area contributed by atoms with Crippen molar-refractivity contribution in [2.45, 2.75) is 17.4 Å². The van der Waals surface area contributed by atoms with Crippen molar-refractivity contribution < 1.29 is 22.8 Å². The van der Waals surface area contributed by atoms with E-state index < -0.39 is 33.4 Å². The molecule has 0 unspecified atom stereocenters. The summed E-state index contributed by atoms with van der Waals surface area (Å²) in [5.74, 6) is -1.03. The van der Waals surface area contributed by atoms with Crippen LogP contribution in [0.25, 0.3) is 0 Å². The van der Waals surface area contributed by atoms with Crippen LogP contribution in [0, 0.1) is 0 Å². The van der Waals surface area contributed by atoms with Crippen LogP contribution in [0.2, 0.25) is 0 Å². The van der Waals surface area contributed by atoms with Gasteiger partial charge in [0, 0.05) is 17.8 Å². The Morgan fingerprint density at radius 3 is 2.57 bits per heavy atom. The summed E-state index contributed by atoms with van der Waals surface area (Å²) in [6, 6.07) is 11.5. The zero-order valence-corrected chi connectivity index (χ0v) is 16.9. The zero-order valence-electron chi connectivity index (χ0n) is 16.1. The van der Waals surface area contributed by atoms with Crippen LogP contribution in [-0.2, 0) is 20.4 Å². The molecule has 0 bridgehead atoms. The van der Waals surface area contributed by atoms with Crippen molar-refractivity contribution in [3.63, 3.8) is 0 Å². The summed E-state index contributed by atoms with van der Waals surface area (Å²) in [6.45, 7) is 5.08. The molecule has 0 aliphatic carbocycles. The zero-order chi connectivity index (χ0) is 21.9. The molecule has 10 heteroatoms. The van der Waals surface area contributed by atoms with Crippen LogP contribution in [0.1, 0.15) is 22.8 Å². The van der Waals surface area contributed by atoms with Crippen LogP contribution in [0.3, 0.4) is 0 Å². The number of carbonyl (C=O) groups is 3.